The van der Waals surface area contributed by atoms with Gasteiger partial charge in [0.05, 0.1) is 12.3 Å². The van der Waals surface area contributed by atoms with Crippen molar-refractivity contribution in [3.8, 4) is 17.0 Å². The van der Waals surface area contributed by atoms with Gasteiger partial charge in [-0.2, -0.15) is 0 Å². The second-order valence-corrected chi connectivity index (χ2v) is 3.44. The quantitative estimate of drug-likeness (QED) is 0.726. The fourth-order valence-corrected chi connectivity index (χ4v) is 1.45. The molecule has 0 unspecified atom stereocenters. The average molecular weight is 214 g/mol. The minimum Gasteiger partial charge on any atom is -0.494 e. The van der Waals surface area contributed by atoms with Crippen LogP contribution in [0, 0.1) is 0 Å². The molecular formula is C14H15NO. The zero-order chi connectivity index (χ0) is 11.9. The van der Waals surface area contributed by atoms with E-state index in [-0.39, 0.29) is 0 Å². The van der Waals surface area contributed by atoms with Crippen LogP contribution in [0.25, 0.3) is 11.3 Å². The molecule has 0 saturated heterocycles. The van der Waals surface area contributed by atoms with Gasteiger partial charge in [-0.1, -0.05) is 13.0 Å². The van der Waals surface area contributed by atoms with Gasteiger partial charge in [0.15, 0.2) is 0 Å². The lowest BCUT2D eigenvalue weighted by atomic mass is 10.1. The fourth-order valence-electron chi connectivity index (χ4n) is 1.45. The Kier molecular flexibility index (Phi) is 3.12. The zero-order valence-corrected chi connectivity index (χ0v) is 9.10. The molecule has 2 nitrogen and oxygen atoms in total. The molecule has 0 amide bonds. The second kappa shape index (κ2) is 5.31. The van der Waals surface area contributed by atoms with Crippen LogP contribution in [0.4, 0.5) is 0 Å². The second-order valence-electron chi connectivity index (χ2n) is 3.44. The number of hydrogen-bond acceptors (Lipinski definition) is 2. The standard InChI is InChI=1S/C14H15NO/c1-2-11-16-13-8-6-12(7-9-13)14-5-3-4-10-15-14/h3-10H,2,11H2,1H3/i1D. The molecule has 82 valence electrons. The Morgan fingerprint density at radius 3 is 2.75 bits per heavy atom. The number of hydrogen-bond donors (Lipinski definition) is 0. The topological polar surface area (TPSA) is 22.1 Å². The molecule has 0 atom stereocenters. The van der Waals surface area contributed by atoms with Gasteiger partial charge in [-0.05, 0) is 42.8 Å². The van der Waals surface area contributed by atoms with Gasteiger partial charge in [-0.25, -0.2) is 0 Å². The first-order valence-corrected chi connectivity index (χ1v) is 5.33. The van der Waals surface area contributed by atoms with Crippen molar-refractivity contribution in [2.75, 3.05) is 6.61 Å². The first-order valence-electron chi connectivity index (χ1n) is 6.04. The third-order valence-electron chi connectivity index (χ3n) is 2.23. The summed E-state index contributed by atoms with van der Waals surface area (Å²) in [5, 5.41) is 0. The monoisotopic (exact) mass is 214 g/mol. The number of aromatic nitrogens is 1. The molecule has 16 heavy (non-hydrogen) atoms. The SMILES string of the molecule is [2H]CCCOc1ccc(-c2ccccn2)cc1. The molecule has 0 bridgehead atoms. The van der Waals surface area contributed by atoms with E-state index in [9.17, 15) is 0 Å². The van der Waals surface area contributed by atoms with E-state index >= 15 is 0 Å². The van der Waals surface area contributed by atoms with Gasteiger partial charge in [0.25, 0.3) is 0 Å². The predicted octanol–water partition coefficient (Wildman–Crippen LogP) is 3.54. The maximum Gasteiger partial charge on any atom is 0.119 e. The van der Waals surface area contributed by atoms with Crippen LogP contribution >= 0.6 is 0 Å². The highest BCUT2D eigenvalue weighted by Crippen LogP contribution is 2.20. The van der Waals surface area contributed by atoms with Gasteiger partial charge < -0.3 is 4.74 Å². The van der Waals surface area contributed by atoms with Crippen molar-refractivity contribution in [2.24, 2.45) is 0 Å². The van der Waals surface area contributed by atoms with Gasteiger partial charge >= 0.3 is 0 Å². The summed E-state index contributed by atoms with van der Waals surface area (Å²) in [7, 11) is 0. The molecule has 0 aliphatic carbocycles. The van der Waals surface area contributed by atoms with E-state index in [0.29, 0.717) is 13.5 Å². The number of pyridine rings is 1. The van der Waals surface area contributed by atoms with Crippen molar-refractivity contribution in [2.45, 2.75) is 13.3 Å². The number of ether oxygens (including phenoxy) is 1. The highest BCUT2D eigenvalue weighted by Gasteiger charge is 1.98. The molecular weight excluding hydrogens is 198 g/mol. The van der Waals surface area contributed by atoms with Gasteiger partial charge in [0, 0.05) is 13.1 Å². The predicted molar refractivity (Wildman–Crippen MR) is 65.5 cm³/mol. The molecule has 2 rings (SSSR count). The summed E-state index contributed by atoms with van der Waals surface area (Å²) in [6, 6.07) is 13.7. The highest BCUT2D eigenvalue weighted by molar-refractivity contribution is 5.59. The summed E-state index contributed by atoms with van der Waals surface area (Å²) in [4.78, 5) is 4.29. The van der Waals surface area contributed by atoms with Crippen molar-refractivity contribution < 1.29 is 6.11 Å². The van der Waals surface area contributed by atoms with Crippen LogP contribution in [0.3, 0.4) is 0 Å². The van der Waals surface area contributed by atoms with E-state index in [4.69, 9.17) is 6.11 Å². The molecule has 0 spiro atoms. The first kappa shape index (κ1) is 9.40. The largest absolute Gasteiger partial charge is 0.494 e. The molecule has 1 heterocycles. The van der Waals surface area contributed by atoms with E-state index < -0.39 is 0 Å². The van der Waals surface area contributed by atoms with Gasteiger partial charge in [0.2, 0.25) is 0 Å². The zero-order valence-electron chi connectivity index (χ0n) is 10.1. The smallest absolute Gasteiger partial charge is 0.119 e. The van der Waals surface area contributed by atoms with Gasteiger partial charge in [-0.15, -0.1) is 0 Å². The summed E-state index contributed by atoms with van der Waals surface area (Å²) >= 11 is 0. The normalized spacial score (nSPS) is 10.9. The lowest BCUT2D eigenvalue weighted by molar-refractivity contribution is 0.317. The number of benzene rings is 1. The molecule has 1 aromatic carbocycles. The summed E-state index contributed by atoms with van der Waals surface area (Å²) in [6.07, 6.45) is 2.55. The summed E-state index contributed by atoms with van der Waals surface area (Å²) < 4.78 is 12.5. The minimum absolute atomic E-state index is 0.409. The Labute approximate surface area is 97.3 Å². The van der Waals surface area contributed by atoms with Crippen molar-refractivity contribution in [3.63, 3.8) is 0 Å². The lowest BCUT2D eigenvalue weighted by Gasteiger charge is -2.05. The Bertz CT molecular complexity index is 442. The number of nitrogens with zero attached hydrogens (tertiary/aromatic N) is 1. The average Bonchev–Trinajstić information content (AvgIpc) is 2.41. The van der Waals surface area contributed by atoms with Crippen molar-refractivity contribution in [1.82, 2.24) is 4.98 Å². The molecule has 0 radical (unpaired) electrons. The van der Waals surface area contributed by atoms with Crippen LogP contribution < -0.4 is 4.74 Å². The van der Waals surface area contributed by atoms with Crippen LogP contribution in [0.1, 0.15) is 14.7 Å². The molecule has 0 aliphatic rings. The fraction of sp³-hybridized carbons (Fsp3) is 0.214. The Hall–Kier alpha value is -1.83. The van der Waals surface area contributed by atoms with E-state index in [1.807, 2.05) is 42.5 Å². The Morgan fingerprint density at radius 2 is 2.06 bits per heavy atom. The van der Waals surface area contributed by atoms with Crippen LogP contribution in [-0.4, -0.2) is 11.6 Å². The van der Waals surface area contributed by atoms with E-state index in [1.54, 1.807) is 6.20 Å². The summed E-state index contributed by atoms with van der Waals surface area (Å²) in [5.41, 5.74) is 2.05. The van der Waals surface area contributed by atoms with Gasteiger partial charge in [0.1, 0.15) is 5.75 Å². The van der Waals surface area contributed by atoms with Crippen molar-refractivity contribution >= 4 is 0 Å². The third kappa shape index (κ3) is 2.60. The molecule has 0 N–H and O–H groups in total. The van der Waals surface area contributed by atoms with Crippen LogP contribution in [0.15, 0.2) is 48.7 Å². The highest BCUT2D eigenvalue weighted by atomic mass is 16.5. The molecule has 0 saturated carbocycles. The lowest BCUT2D eigenvalue weighted by Crippen LogP contribution is -1.94. The van der Waals surface area contributed by atoms with Crippen LogP contribution in [0.2, 0.25) is 0 Å². The first-order chi connectivity index (χ1) is 8.40. The van der Waals surface area contributed by atoms with E-state index in [1.165, 1.54) is 0 Å². The van der Waals surface area contributed by atoms with E-state index in [2.05, 4.69) is 4.98 Å². The Morgan fingerprint density at radius 1 is 1.19 bits per heavy atom. The molecule has 2 heteroatoms. The summed E-state index contributed by atoms with van der Waals surface area (Å²) in [5.74, 6) is 0.845. The summed E-state index contributed by atoms with van der Waals surface area (Å²) in [6.45, 7) is 1.01. The maximum atomic E-state index is 7.03. The Balaban J connectivity index is 2.03. The third-order valence-corrected chi connectivity index (χ3v) is 2.23. The van der Waals surface area contributed by atoms with E-state index in [0.717, 1.165) is 23.4 Å². The van der Waals surface area contributed by atoms with Crippen molar-refractivity contribution in [3.05, 3.63) is 48.7 Å². The van der Waals surface area contributed by atoms with Gasteiger partial charge in [-0.3, -0.25) is 4.98 Å². The maximum absolute atomic E-state index is 7.03. The van der Waals surface area contributed by atoms with Crippen LogP contribution in [-0.2, 0) is 0 Å². The van der Waals surface area contributed by atoms with Crippen LogP contribution in [0.5, 0.6) is 5.75 Å². The molecule has 0 aliphatic heterocycles. The van der Waals surface area contributed by atoms with Crippen molar-refractivity contribution in [1.29, 1.82) is 0 Å². The minimum atomic E-state index is 0.409. The molecule has 0 fully saturated rings. The molecule has 2 aromatic rings. The molecule has 1 aromatic heterocycles. The number of rotatable bonds is 4.